The minimum atomic E-state index is 0.0767. The van der Waals surface area contributed by atoms with E-state index in [1.54, 1.807) is 0 Å². The number of nitrogens with one attached hydrogen (secondary N) is 1. The van der Waals surface area contributed by atoms with Crippen LogP contribution in [0.15, 0.2) is 24.3 Å². The number of carbonyl (C=O) groups is 2. The second-order valence-electron chi connectivity index (χ2n) is 8.83. The highest BCUT2D eigenvalue weighted by molar-refractivity contribution is 5.78. The summed E-state index contributed by atoms with van der Waals surface area (Å²) in [6.45, 7) is 6.53. The molecule has 2 amide bonds. The summed E-state index contributed by atoms with van der Waals surface area (Å²) in [5, 5.41) is 3.05. The average molecular weight is 400 g/mol. The number of amides is 2. The zero-order chi connectivity index (χ0) is 20.2. The summed E-state index contributed by atoms with van der Waals surface area (Å²) in [5.74, 6) is 2.32. The monoisotopic (exact) mass is 399 g/mol. The molecule has 0 spiro atoms. The van der Waals surface area contributed by atoms with Crippen molar-refractivity contribution in [3.05, 3.63) is 29.8 Å². The van der Waals surface area contributed by atoms with E-state index in [9.17, 15) is 9.59 Å². The molecule has 6 nitrogen and oxygen atoms in total. The van der Waals surface area contributed by atoms with Gasteiger partial charge in [-0.25, -0.2) is 0 Å². The quantitative estimate of drug-likeness (QED) is 0.765. The van der Waals surface area contributed by atoms with Gasteiger partial charge in [0.15, 0.2) is 0 Å². The van der Waals surface area contributed by atoms with Gasteiger partial charge in [-0.05, 0) is 55.2 Å². The Morgan fingerprint density at radius 3 is 2.83 bits per heavy atom. The van der Waals surface area contributed by atoms with Crippen molar-refractivity contribution in [3.63, 3.8) is 0 Å². The predicted molar refractivity (Wildman–Crippen MR) is 111 cm³/mol. The topological polar surface area (TPSA) is 61.9 Å². The Balaban J connectivity index is 1.25. The van der Waals surface area contributed by atoms with E-state index < -0.39 is 0 Å². The molecule has 3 aliphatic heterocycles. The number of fused-ring (bicyclic) bond motifs is 4. The summed E-state index contributed by atoms with van der Waals surface area (Å²) < 4.78 is 5.60. The maximum atomic E-state index is 12.5. The van der Waals surface area contributed by atoms with E-state index in [4.69, 9.17) is 4.74 Å². The minimum absolute atomic E-state index is 0.0767. The number of ether oxygens (including phenoxy) is 1. The van der Waals surface area contributed by atoms with Crippen LogP contribution >= 0.6 is 0 Å². The normalized spacial score (nSPS) is 26.7. The number of hydrogen-bond acceptors (Lipinski definition) is 4. The molecule has 1 aromatic rings. The first kappa shape index (κ1) is 20.2. The van der Waals surface area contributed by atoms with Gasteiger partial charge < -0.3 is 15.0 Å². The molecule has 3 saturated heterocycles. The summed E-state index contributed by atoms with van der Waals surface area (Å²) in [6, 6.07) is 8.32. The van der Waals surface area contributed by atoms with Crippen molar-refractivity contribution >= 4 is 11.8 Å². The van der Waals surface area contributed by atoms with E-state index in [1.165, 1.54) is 6.42 Å². The van der Waals surface area contributed by atoms with E-state index in [0.717, 1.165) is 56.8 Å². The van der Waals surface area contributed by atoms with Gasteiger partial charge in [-0.15, -0.1) is 0 Å². The fraction of sp³-hybridized carbons (Fsp3) is 0.652. The highest BCUT2D eigenvalue weighted by Gasteiger charge is 2.43. The molecule has 1 aromatic carbocycles. The molecule has 3 fully saturated rings. The van der Waals surface area contributed by atoms with E-state index >= 15 is 0 Å². The molecule has 29 heavy (non-hydrogen) atoms. The third-order valence-electron chi connectivity index (χ3n) is 6.51. The Kier molecular flexibility index (Phi) is 6.38. The van der Waals surface area contributed by atoms with Crippen LogP contribution < -0.4 is 10.1 Å². The van der Waals surface area contributed by atoms with Crippen LogP contribution in [0.2, 0.25) is 0 Å². The van der Waals surface area contributed by atoms with Gasteiger partial charge in [0, 0.05) is 38.6 Å². The van der Waals surface area contributed by atoms with Crippen molar-refractivity contribution in [2.75, 3.05) is 32.8 Å². The first-order chi connectivity index (χ1) is 14.1. The first-order valence-corrected chi connectivity index (χ1v) is 11.1. The Morgan fingerprint density at radius 2 is 2.03 bits per heavy atom. The van der Waals surface area contributed by atoms with Crippen molar-refractivity contribution in [3.8, 4) is 5.75 Å². The summed E-state index contributed by atoms with van der Waals surface area (Å²) in [4.78, 5) is 29.2. The fourth-order valence-electron chi connectivity index (χ4n) is 5.22. The van der Waals surface area contributed by atoms with Crippen molar-refractivity contribution in [1.29, 1.82) is 0 Å². The number of likely N-dealkylation sites (tertiary alicyclic amines) is 1. The number of hydrogen-bond donors (Lipinski definition) is 1. The predicted octanol–water partition coefficient (Wildman–Crippen LogP) is 2.42. The Bertz CT molecular complexity index is 721. The van der Waals surface area contributed by atoms with Crippen LogP contribution in [-0.4, -0.2) is 60.4 Å². The number of carbonyl (C=O) groups excluding carboxylic acids is 2. The Hall–Kier alpha value is -2.08. The molecule has 3 heterocycles. The van der Waals surface area contributed by atoms with Crippen LogP contribution in [0, 0.1) is 11.8 Å². The fourth-order valence-corrected chi connectivity index (χ4v) is 5.22. The van der Waals surface area contributed by atoms with Gasteiger partial charge in [-0.2, -0.15) is 0 Å². The molecule has 0 aromatic heterocycles. The standard InChI is InChI=1S/C23H33N3O3/c1-2-10-29-20-8-6-17(7-9-20)12-24-22(27)16-25-13-18-11-19(15-25)21-4-3-5-23(28)26(21)14-18/h6-9,18-19,21H,2-5,10-16H2,1H3,(H,24,27)/t18?,19?,21-/m1/s1. The molecule has 3 aliphatic rings. The number of benzene rings is 1. The van der Waals surface area contributed by atoms with Gasteiger partial charge in [-0.3, -0.25) is 14.5 Å². The van der Waals surface area contributed by atoms with Gasteiger partial charge >= 0.3 is 0 Å². The van der Waals surface area contributed by atoms with E-state index in [-0.39, 0.29) is 5.91 Å². The summed E-state index contributed by atoms with van der Waals surface area (Å²) in [7, 11) is 0. The summed E-state index contributed by atoms with van der Waals surface area (Å²) in [5.41, 5.74) is 1.08. The van der Waals surface area contributed by atoms with Crippen molar-refractivity contribution in [1.82, 2.24) is 15.1 Å². The van der Waals surface area contributed by atoms with Gasteiger partial charge in [0.1, 0.15) is 5.75 Å². The Labute approximate surface area is 173 Å². The molecule has 1 N–H and O–H groups in total. The number of nitrogens with zero attached hydrogens (tertiary/aromatic N) is 2. The lowest BCUT2D eigenvalue weighted by Gasteiger charge is -2.52. The number of piperidine rings is 3. The third kappa shape index (κ3) is 4.92. The van der Waals surface area contributed by atoms with Crippen LogP contribution in [-0.2, 0) is 16.1 Å². The third-order valence-corrected chi connectivity index (χ3v) is 6.51. The van der Waals surface area contributed by atoms with Crippen molar-refractivity contribution in [2.24, 2.45) is 11.8 Å². The van der Waals surface area contributed by atoms with Gasteiger partial charge in [-0.1, -0.05) is 19.1 Å². The maximum absolute atomic E-state index is 12.5. The second kappa shape index (κ2) is 9.16. The second-order valence-corrected chi connectivity index (χ2v) is 8.83. The van der Waals surface area contributed by atoms with E-state index in [2.05, 4.69) is 22.0 Å². The SMILES string of the molecule is CCCOc1ccc(CNC(=O)CN2CC3CC(C2)[C@H]2CCCC(=O)N2C3)cc1. The molecule has 6 heteroatoms. The van der Waals surface area contributed by atoms with E-state index in [1.807, 2.05) is 24.3 Å². The van der Waals surface area contributed by atoms with E-state index in [0.29, 0.717) is 43.3 Å². The lowest BCUT2D eigenvalue weighted by atomic mass is 9.76. The van der Waals surface area contributed by atoms with Crippen LogP contribution in [0.4, 0.5) is 0 Å². The molecular formula is C23H33N3O3. The molecule has 158 valence electrons. The van der Waals surface area contributed by atoms with Gasteiger partial charge in [0.2, 0.25) is 11.8 Å². The maximum Gasteiger partial charge on any atom is 0.234 e. The zero-order valence-corrected chi connectivity index (χ0v) is 17.4. The smallest absolute Gasteiger partial charge is 0.234 e. The highest BCUT2D eigenvalue weighted by atomic mass is 16.5. The zero-order valence-electron chi connectivity index (χ0n) is 17.4. The molecule has 2 bridgehead atoms. The average Bonchev–Trinajstić information content (AvgIpc) is 2.72. The van der Waals surface area contributed by atoms with Gasteiger partial charge in [0.25, 0.3) is 0 Å². The van der Waals surface area contributed by atoms with Crippen molar-refractivity contribution in [2.45, 2.75) is 51.6 Å². The van der Waals surface area contributed by atoms with Crippen LogP contribution in [0.3, 0.4) is 0 Å². The first-order valence-electron chi connectivity index (χ1n) is 11.1. The molecule has 2 unspecified atom stereocenters. The largest absolute Gasteiger partial charge is 0.494 e. The van der Waals surface area contributed by atoms with Crippen LogP contribution in [0.1, 0.15) is 44.6 Å². The number of rotatable bonds is 7. The lowest BCUT2D eigenvalue weighted by molar-refractivity contribution is -0.145. The van der Waals surface area contributed by atoms with Gasteiger partial charge in [0.05, 0.1) is 13.2 Å². The summed E-state index contributed by atoms with van der Waals surface area (Å²) in [6.07, 6.45) is 5.06. The van der Waals surface area contributed by atoms with Crippen LogP contribution in [0.25, 0.3) is 0 Å². The Morgan fingerprint density at radius 1 is 1.21 bits per heavy atom. The summed E-state index contributed by atoms with van der Waals surface area (Å²) >= 11 is 0. The minimum Gasteiger partial charge on any atom is -0.494 e. The molecule has 4 rings (SSSR count). The lowest BCUT2D eigenvalue weighted by Crippen LogP contribution is -2.61. The molecule has 0 radical (unpaired) electrons. The molecule has 3 atom stereocenters. The van der Waals surface area contributed by atoms with Crippen molar-refractivity contribution < 1.29 is 14.3 Å². The highest BCUT2D eigenvalue weighted by Crippen LogP contribution is 2.37. The van der Waals surface area contributed by atoms with Crippen LogP contribution in [0.5, 0.6) is 5.75 Å². The molecule has 0 aliphatic carbocycles. The molecular weight excluding hydrogens is 366 g/mol. The molecule has 0 saturated carbocycles.